The van der Waals surface area contributed by atoms with Crippen LogP contribution in [0.25, 0.3) is 17.2 Å². The molecule has 204 valence electrons. The summed E-state index contributed by atoms with van der Waals surface area (Å²) < 4.78 is 18.0. The van der Waals surface area contributed by atoms with Crippen LogP contribution in [0.5, 0.6) is 11.5 Å². The first-order valence-electron chi connectivity index (χ1n) is 13.9. The molecule has 2 aliphatic rings. The van der Waals surface area contributed by atoms with Gasteiger partial charge in [0.05, 0.1) is 46.6 Å². The predicted molar refractivity (Wildman–Crippen MR) is 156 cm³/mol. The number of rotatable bonds is 8. The molecule has 1 saturated heterocycles. The molecule has 0 aromatic heterocycles. The average molecular weight is 528 g/mol. The van der Waals surface area contributed by atoms with Gasteiger partial charge >= 0.3 is 0 Å². The van der Waals surface area contributed by atoms with Crippen molar-refractivity contribution in [1.29, 1.82) is 0 Å². The summed E-state index contributed by atoms with van der Waals surface area (Å²) in [5.41, 5.74) is 5.84. The van der Waals surface area contributed by atoms with E-state index in [0.29, 0.717) is 31.2 Å². The Balaban J connectivity index is 1.27. The highest BCUT2D eigenvalue weighted by molar-refractivity contribution is 6.07. The Bertz CT molecular complexity index is 1310. The highest BCUT2D eigenvalue weighted by Gasteiger charge is 2.30. The van der Waals surface area contributed by atoms with Gasteiger partial charge in [-0.2, -0.15) is 0 Å². The third-order valence-corrected chi connectivity index (χ3v) is 7.74. The van der Waals surface area contributed by atoms with Gasteiger partial charge in [-0.1, -0.05) is 30.3 Å². The maximum Gasteiger partial charge on any atom is 0.251 e. The first kappa shape index (κ1) is 27.0. The molecule has 0 unspecified atom stereocenters. The van der Waals surface area contributed by atoms with Gasteiger partial charge in [0.15, 0.2) is 0 Å². The van der Waals surface area contributed by atoms with E-state index < -0.39 is 0 Å². The van der Waals surface area contributed by atoms with Gasteiger partial charge in [-0.25, -0.2) is 0 Å². The summed E-state index contributed by atoms with van der Waals surface area (Å²) >= 11 is 0. The number of hydrogen-bond acceptors (Lipinski definition) is 4. The molecule has 1 amide bonds. The molecule has 0 aliphatic carbocycles. The molecule has 0 atom stereocenters. The molecule has 5 rings (SSSR count). The number of carbonyl (C=O) groups is 1. The summed E-state index contributed by atoms with van der Waals surface area (Å²) in [6, 6.07) is 23.0. The highest BCUT2D eigenvalue weighted by atomic mass is 16.5. The second-order valence-corrected chi connectivity index (χ2v) is 10.9. The van der Waals surface area contributed by atoms with Gasteiger partial charge in [0.1, 0.15) is 18.0 Å². The van der Waals surface area contributed by atoms with Gasteiger partial charge in [0, 0.05) is 41.6 Å². The maximum absolute atomic E-state index is 13.2. The summed E-state index contributed by atoms with van der Waals surface area (Å²) in [5.74, 6) is 1.56. The number of hydrogen-bond donors (Lipinski definition) is 1. The van der Waals surface area contributed by atoms with Crippen molar-refractivity contribution in [3.63, 3.8) is 0 Å². The summed E-state index contributed by atoms with van der Waals surface area (Å²) in [5, 5.41) is 3.09. The van der Waals surface area contributed by atoms with Crippen LogP contribution in [-0.2, 0) is 16.1 Å². The Morgan fingerprint density at radius 2 is 1.67 bits per heavy atom. The zero-order valence-corrected chi connectivity index (χ0v) is 23.2. The van der Waals surface area contributed by atoms with Gasteiger partial charge in [0.25, 0.3) is 5.91 Å². The lowest BCUT2D eigenvalue weighted by atomic mass is 10.0. The molecule has 0 saturated carbocycles. The zero-order valence-electron chi connectivity index (χ0n) is 23.2. The number of fused-ring (bicyclic) bond motifs is 1. The topological polar surface area (TPSA) is 56.8 Å². The number of quaternary nitrogens is 1. The monoisotopic (exact) mass is 527 g/mol. The first-order valence-corrected chi connectivity index (χ1v) is 13.9. The fourth-order valence-electron chi connectivity index (χ4n) is 5.48. The molecule has 6 heteroatoms. The Morgan fingerprint density at radius 3 is 2.38 bits per heavy atom. The summed E-state index contributed by atoms with van der Waals surface area (Å²) in [6.07, 6.45) is 4.71. The van der Waals surface area contributed by atoms with E-state index in [4.69, 9.17) is 14.2 Å². The third-order valence-electron chi connectivity index (χ3n) is 7.74. The van der Waals surface area contributed by atoms with Crippen molar-refractivity contribution >= 4 is 17.7 Å². The van der Waals surface area contributed by atoms with Crippen molar-refractivity contribution in [2.75, 3.05) is 45.8 Å². The van der Waals surface area contributed by atoms with Crippen LogP contribution in [0, 0.1) is 0 Å². The van der Waals surface area contributed by atoms with Crippen molar-refractivity contribution in [2.24, 2.45) is 0 Å². The Kier molecular flexibility index (Phi) is 8.34. The normalized spacial score (nSPS) is 15.9. The molecular formula is C33H39N2O4+. The number of ether oxygens (including phenoxy) is 3. The molecule has 1 N–H and O–H groups in total. The molecule has 0 bridgehead atoms. The minimum Gasteiger partial charge on any atom is -0.494 e. The zero-order chi connectivity index (χ0) is 27.2. The maximum atomic E-state index is 13.2. The summed E-state index contributed by atoms with van der Waals surface area (Å²) in [7, 11) is 4.59. The molecule has 39 heavy (non-hydrogen) atoms. The lowest BCUT2D eigenvalue weighted by Crippen LogP contribution is -2.50. The van der Waals surface area contributed by atoms with Crippen molar-refractivity contribution in [2.45, 2.75) is 38.8 Å². The molecule has 6 nitrogen and oxygen atoms in total. The van der Waals surface area contributed by atoms with E-state index in [2.05, 4.69) is 55.8 Å². The minimum absolute atomic E-state index is 0.0935. The number of carbonyl (C=O) groups excluding carboxylic acids is 1. The van der Waals surface area contributed by atoms with Crippen LogP contribution in [0.1, 0.15) is 37.3 Å². The van der Waals surface area contributed by atoms with Gasteiger partial charge in [-0.15, -0.1) is 0 Å². The second-order valence-electron chi connectivity index (χ2n) is 10.9. The van der Waals surface area contributed by atoms with E-state index >= 15 is 0 Å². The Morgan fingerprint density at radius 1 is 0.949 bits per heavy atom. The Hall–Kier alpha value is -3.61. The van der Waals surface area contributed by atoms with Crippen LogP contribution < -0.4 is 14.8 Å². The average Bonchev–Trinajstić information content (AvgIpc) is 3.17. The van der Waals surface area contributed by atoms with E-state index in [0.717, 1.165) is 71.0 Å². The van der Waals surface area contributed by atoms with Crippen molar-refractivity contribution in [1.82, 2.24) is 0 Å². The van der Waals surface area contributed by atoms with Crippen LogP contribution in [0.3, 0.4) is 0 Å². The number of amides is 1. The van der Waals surface area contributed by atoms with Gasteiger partial charge < -0.3 is 24.0 Å². The van der Waals surface area contributed by atoms with Gasteiger partial charge in [-0.05, 0) is 60.5 Å². The van der Waals surface area contributed by atoms with Crippen LogP contribution in [0.4, 0.5) is 5.69 Å². The van der Waals surface area contributed by atoms with Crippen LogP contribution in [0.15, 0.2) is 72.3 Å². The molecule has 0 radical (unpaired) electrons. The quantitative estimate of drug-likeness (QED) is 0.349. The van der Waals surface area contributed by atoms with E-state index in [1.165, 1.54) is 5.56 Å². The number of nitrogens with zero attached hydrogens (tertiary/aromatic N) is 1. The van der Waals surface area contributed by atoms with Crippen LogP contribution in [0.2, 0.25) is 0 Å². The third kappa shape index (κ3) is 6.70. The van der Waals surface area contributed by atoms with Crippen LogP contribution >= 0.6 is 0 Å². The molecule has 3 aromatic carbocycles. The molecule has 2 heterocycles. The fraction of sp³-hybridized carbons (Fsp3) is 0.364. The van der Waals surface area contributed by atoms with E-state index in [1.54, 1.807) is 0 Å². The molecule has 1 fully saturated rings. The first-order chi connectivity index (χ1) is 18.9. The number of benzene rings is 3. The minimum atomic E-state index is -0.0935. The standard InChI is InChI=1S/C33H38N2O4/c1-4-38-31-12-7-25(8-13-31)26-9-14-32-28(21-26)22-27(15-20-39-32)33(36)34-29-10-5-24(6-11-29)23-35(2,3)30-16-18-37-19-17-30/h5-14,21-22,30H,4,15-20,23H2,1-3H3/p+1. The lowest BCUT2D eigenvalue weighted by Gasteiger charge is -2.40. The second kappa shape index (κ2) is 12.1. The van der Waals surface area contributed by atoms with Crippen molar-refractivity contribution < 1.29 is 23.5 Å². The van der Waals surface area contributed by atoms with Crippen LogP contribution in [-0.4, -0.2) is 57.0 Å². The smallest absolute Gasteiger partial charge is 0.251 e. The SMILES string of the molecule is CCOc1ccc(-c2ccc3c(c2)C=C(C(=O)Nc2ccc(C[N+](C)(C)C4CCOCC4)cc2)CCO3)cc1. The lowest BCUT2D eigenvalue weighted by molar-refractivity contribution is -0.929. The largest absolute Gasteiger partial charge is 0.494 e. The van der Waals surface area contributed by atoms with Crippen molar-refractivity contribution in [3.05, 3.63) is 83.4 Å². The molecule has 3 aromatic rings. The number of nitrogens with one attached hydrogen (secondary N) is 1. The van der Waals surface area contributed by atoms with Gasteiger partial charge in [-0.3, -0.25) is 4.79 Å². The summed E-state index contributed by atoms with van der Waals surface area (Å²) in [6.45, 7) is 5.74. The van der Waals surface area contributed by atoms with E-state index in [1.807, 2.05) is 43.3 Å². The summed E-state index contributed by atoms with van der Waals surface area (Å²) in [4.78, 5) is 13.2. The molecular weight excluding hydrogens is 488 g/mol. The highest BCUT2D eigenvalue weighted by Crippen LogP contribution is 2.32. The fourth-order valence-corrected chi connectivity index (χ4v) is 5.48. The van der Waals surface area contributed by atoms with Crippen molar-refractivity contribution in [3.8, 4) is 22.6 Å². The number of anilines is 1. The predicted octanol–water partition coefficient (Wildman–Crippen LogP) is 6.31. The molecule has 0 spiro atoms. The van der Waals surface area contributed by atoms with E-state index in [9.17, 15) is 4.79 Å². The molecule has 2 aliphatic heterocycles. The Labute approximate surface area is 231 Å². The van der Waals surface area contributed by atoms with E-state index in [-0.39, 0.29) is 5.91 Å². The van der Waals surface area contributed by atoms with Gasteiger partial charge in [0.2, 0.25) is 0 Å².